The Labute approximate surface area is 564 Å². The summed E-state index contributed by atoms with van der Waals surface area (Å²) in [5.74, 6) is -7.70. The molecule has 10 amide bonds. The molecule has 1 unspecified atom stereocenters. The number of cyclic esters (lactones) is 2. The normalized spacial score (nSPS) is 22.8. The highest BCUT2D eigenvalue weighted by molar-refractivity contribution is 6.12. The van der Waals surface area contributed by atoms with Gasteiger partial charge in [0.1, 0.15) is 36.4 Å². The van der Waals surface area contributed by atoms with E-state index in [4.69, 9.17) is 33.2 Å². The molecular weight excluding hydrogens is 1250 g/mol. The Morgan fingerprint density at radius 2 is 1.28 bits per heavy atom. The Hall–Kier alpha value is -8.08. The van der Waals surface area contributed by atoms with Crippen molar-refractivity contribution in [1.29, 1.82) is 0 Å². The first-order valence-corrected chi connectivity index (χ1v) is 33.2. The predicted octanol–water partition coefficient (Wildman–Crippen LogP) is 3.15. The number of imide groups is 1. The molecule has 2 aliphatic rings. The number of alkyl carbamates (subject to hydrolysis) is 1. The molecule has 9 atom stereocenters. The van der Waals surface area contributed by atoms with Crippen LogP contribution >= 0.6 is 0 Å². The van der Waals surface area contributed by atoms with Gasteiger partial charge in [0.05, 0.1) is 59.4 Å². The summed E-state index contributed by atoms with van der Waals surface area (Å²) >= 11 is 0. The molecule has 0 aliphatic carbocycles. The van der Waals surface area contributed by atoms with Gasteiger partial charge >= 0.3 is 18.0 Å². The molecule has 0 saturated heterocycles. The highest BCUT2D eigenvalue weighted by atomic mass is 16.6. The van der Waals surface area contributed by atoms with E-state index in [1.807, 2.05) is 20.8 Å². The third-order valence-electron chi connectivity index (χ3n) is 16.1. The number of rotatable bonds is 32. The Bertz CT molecular complexity index is 2800. The average molecular weight is 1350 g/mol. The van der Waals surface area contributed by atoms with Gasteiger partial charge in [-0.2, -0.15) is 0 Å². The summed E-state index contributed by atoms with van der Waals surface area (Å²) in [5.41, 5.74) is 1.28. The summed E-state index contributed by atoms with van der Waals surface area (Å²) in [7, 11) is 2.80. The molecule has 0 fully saturated rings. The van der Waals surface area contributed by atoms with Crippen LogP contribution in [0.1, 0.15) is 126 Å². The first kappa shape index (κ1) is 82.2. The molecule has 0 bridgehead atoms. The lowest BCUT2D eigenvalue weighted by Gasteiger charge is -2.33. The van der Waals surface area contributed by atoms with Gasteiger partial charge in [0.25, 0.3) is 17.7 Å². The molecule has 536 valence electrons. The number of nitrogens with zero attached hydrogens (tertiary/aromatic N) is 3. The van der Waals surface area contributed by atoms with E-state index >= 15 is 0 Å². The maximum atomic E-state index is 14.3. The molecule has 2 aliphatic heterocycles. The van der Waals surface area contributed by atoms with E-state index in [1.165, 1.54) is 62.9 Å². The second-order valence-electron chi connectivity index (χ2n) is 24.4. The molecule has 1 aromatic rings. The Kier molecular flexibility index (Phi) is 38.2. The van der Waals surface area contributed by atoms with Gasteiger partial charge in [-0.15, -0.1) is 0 Å². The number of nitrogens with one attached hydrogen (secondary N) is 6. The van der Waals surface area contributed by atoms with Gasteiger partial charge in [0.2, 0.25) is 35.4 Å². The number of likely N-dealkylation sites (N-methyl/N-ethyl adjacent to an activating group) is 2. The van der Waals surface area contributed by atoms with Crippen LogP contribution in [0.15, 0.2) is 65.8 Å². The monoisotopic (exact) mass is 1350 g/mol. The van der Waals surface area contributed by atoms with Gasteiger partial charge in [-0.25, -0.2) is 14.4 Å². The van der Waals surface area contributed by atoms with Crippen molar-refractivity contribution in [2.75, 3.05) is 99.7 Å². The number of ether oxygens (including phenoxy) is 7. The first-order chi connectivity index (χ1) is 45.7. The number of allylic oxidation sites excluding steroid dienone is 1. The fourth-order valence-corrected chi connectivity index (χ4v) is 9.99. The van der Waals surface area contributed by atoms with Gasteiger partial charge < -0.3 is 74.9 Å². The zero-order valence-electron chi connectivity index (χ0n) is 58.1. The lowest BCUT2D eigenvalue weighted by Crippen LogP contribution is -2.57. The molecule has 0 saturated carbocycles. The largest absolute Gasteiger partial charge is 0.456 e. The minimum atomic E-state index is -1.37. The fraction of sp³-hybridized carbons (Fsp3) is 0.647. The maximum Gasteiger partial charge on any atom is 0.407 e. The third-order valence-corrected chi connectivity index (χ3v) is 16.1. The molecule has 28 heteroatoms. The van der Waals surface area contributed by atoms with Crippen molar-refractivity contribution in [3.8, 4) is 0 Å². The Morgan fingerprint density at radius 1 is 0.698 bits per heavy atom. The van der Waals surface area contributed by atoms with Gasteiger partial charge in [0, 0.05) is 89.6 Å². The highest BCUT2D eigenvalue weighted by Crippen LogP contribution is 2.26. The van der Waals surface area contributed by atoms with Crippen LogP contribution in [0.25, 0.3) is 0 Å². The van der Waals surface area contributed by atoms with E-state index in [-0.39, 0.29) is 93.7 Å². The van der Waals surface area contributed by atoms with E-state index in [0.717, 1.165) is 4.90 Å². The molecule has 2 heterocycles. The minimum absolute atomic E-state index is 0.0170. The number of amides is 10. The third kappa shape index (κ3) is 30.3. The predicted molar refractivity (Wildman–Crippen MR) is 354 cm³/mol. The van der Waals surface area contributed by atoms with Crippen LogP contribution in [-0.4, -0.2) is 228 Å². The number of carbonyl (C=O) groups excluding carboxylic acids is 12. The molecule has 1 aromatic carbocycles. The summed E-state index contributed by atoms with van der Waals surface area (Å²) in [6.45, 7) is 18.9. The number of unbranched alkanes of at least 4 members (excludes halogenated alkanes) is 2. The SMILES string of the molecule is C/C=C(\C)[C@H]1OC(=O)[C@@H](C)NC(=O)[C@H](C(C)CC)NC(=O)CN(C)C(=O)[C@@H](Cc2ccccc2)N(C)C(=O)[C@H](C)NC(=O)[C@@H](CC(C)C)OC(=O)/C(C)=C/C[C@H](OC(=O)NCCNC(=O)CCOCCOCCOCCOCCNC(=O)CCCCCN2C(=O)C=CC2=O)[C@@H]1C. The lowest BCUT2D eigenvalue weighted by atomic mass is 9.90. The average Bonchev–Trinajstić information content (AvgIpc) is 1.12. The van der Waals surface area contributed by atoms with Gasteiger partial charge in [-0.3, -0.25) is 48.1 Å². The highest BCUT2D eigenvalue weighted by Gasteiger charge is 2.38. The molecule has 6 N–H and O–H groups in total. The van der Waals surface area contributed by atoms with Crippen molar-refractivity contribution >= 4 is 71.2 Å². The zero-order chi connectivity index (χ0) is 71.3. The second kappa shape index (κ2) is 44.6. The molecular formula is C68H105N9O19. The molecule has 0 spiro atoms. The van der Waals surface area contributed by atoms with E-state index < -0.39 is 108 Å². The van der Waals surface area contributed by atoms with Crippen molar-refractivity contribution in [3.63, 3.8) is 0 Å². The van der Waals surface area contributed by atoms with Crippen LogP contribution in [0, 0.1) is 17.8 Å². The zero-order valence-corrected chi connectivity index (χ0v) is 58.1. The van der Waals surface area contributed by atoms with E-state index in [2.05, 4.69) is 31.9 Å². The van der Waals surface area contributed by atoms with Gasteiger partial charge in [-0.05, 0) is 76.9 Å². The van der Waals surface area contributed by atoms with Crippen molar-refractivity contribution in [3.05, 3.63) is 71.3 Å². The summed E-state index contributed by atoms with van der Waals surface area (Å²) in [6, 6.07) is 4.08. The summed E-state index contributed by atoms with van der Waals surface area (Å²) in [4.78, 5) is 163. The molecule has 3 rings (SSSR count). The maximum absolute atomic E-state index is 14.3. The number of hydrogen-bond acceptors (Lipinski definition) is 19. The van der Waals surface area contributed by atoms with Crippen LogP contribution in [0.3, 0.4) is 0 Å². The molecule has 0 radical (unpaired) electrons. The number of esters is 2. The minimum Gasteiger partial charge on any atom is -0.456 e. The van der Waals surface area contributed by atoms with Gasteiger partial charge in [0.15, 0.2) is 6.10 Å². The van der Waals surface area contributed by atoms with E-state index in [0.29, 0.717) is 89.4 Å². The van der Waals surface area contributed by atoms with Crippen LogP contribution in [0.5, 0.6) is 0 Å². The van der Waals surface area contributed by atoms with Gasteiger partial charge in [-0.1, -0.05) is 89.9 Å². The van der Waals surface area contributed by atoms with Crippen LogP contribution in [0.4, 0.5) is 4.79 Å². The van der Waals surface area contributed by atoms with Crippen molar-refractivity contribution in [2.24, 2.45) is 17.8 Å². The van der Waals surface area contributed by atoms with E-state index in [1.54, 1.807) is 64.1 Å². The van der Waals surface area contributed by atoms with Crippen LogP contribution in [-0.2, 0) is 92.3 Å². The smallest absolute Gasteiger partial charge is 0.407 e. The molecule has 0 aromatic heterocycles. The van der Waals surface area contributed by atoms with Crippen LogP contribution < -0.4 is 31.9 Å². The lowest BCUT2D eigenvalue weighted by molar-refractivity contribution is -0.155. The van der Waals surface area contributed by atoms with Crippen LogP contribution in [0.2, 0.25) is 0 Å². The van der Waals surface area contributed by atoms with E-state index in [9.17, 15) is 57.5 Å². The number of hydrogen-bond donors (Lipinski definition) is 6. The quantitative estimate of drug-likeness (QED) is 0.0198. The molecule has 28 nitrogen and oxygen atoms in total. The summed E-state index contributed by atoms with van der Waals surface area (Å²) in [6.07, 6.45) is 3.94. The summed E-state index contributed by atoms with van der Waals surface area (Å²) in [5, 5.41) is 16.2. The summed E-state index contributed by atoms with van der Waals surface area (Å²) < 4.78 is 40.0. The van der Waals surface area contributed by atoms with Crippen molar-refractivity contribution < 1.29 is 90.7 Å². The van der Waals surface area contributed by atoms with Crippen molar-refractivity contribution in [1.82, 2.24) is 46.6 Å². The fourth-order valence-electron chi connectivity index (χ4n) is 9.99. The van der Waals surface area contributed by atoms with Crippen molar-refractivity contribution in [2.45, 2.75) is 170 Å². The molecule has 96 heavy (non-hydrogen) atoms. The number of benzene rings is 1. The second-order valence-corrected chi connectivity index (χ2v) is 24.4. The standard InChI is InChI=1S/C68H105N9O19/c1-13-45(5)60-63(84)73-50(10)67(88)96-61(46(6)14-2)48(8)53(25-24-47(7)66(87)94-54(41-44(3)4)62(83)72-49(9)64(85)76(12)52(42-51-21-17-15-18-22-51)65(86)75(11)43-57(80)74-60)95-68(89)71-30-29-69-56(79)28-33-90-35-37-92-39-40-93-38-36-91-34-31-70-55(78)23-19-16-20-32-77-58(81)26-27-59(77)82/h14-15,17-18,21-22,24,26-27,44-45,48-50,52-54,60-61H,13,16,19-20,23,25,28-43H2,1-12H3,(H,69,79)(H,70,78)(H,71,89)(H,72,83)(H,73,84)(H,74,80)/b46-14+,47-24+/t45?,48-,49-,50+,52+,53-,54+,60-,61+/m0/s1. The Morgan fingerprint density at radius 3 is 1.90 bits per heavy atom. The Balaban J connectivity index is 1.61. The number of carbonyl (C=O) groups is 12. The first-order valence-electron chi connectivity index (χ1n) is 33.2. The topological polar surface area (TPSA) is 351 Å².